The van der Waals surface area contributed by atoms with Gasteiger partial charge in [0.15, 0.2) is 0 Å². The third-order valence-electron chi connectivity index (χ3n) is 7.49. The first-order chi connectivity index (χ1) is 15.8. The summed E-state index contributed by atoms with van der Waals surface area (Å²) in [5, 5.41) is 22.3. The van der Waals surface area contributed by atoms with Crippen molar-refractivity contribution in [1.29, 1.82) is 0 Å². The second kappa shape index (κ2) is 9.96. The van der Waals surface area contributed by atoms with E-state index in [1.807, 2.05) is 32.9 Å². The highest BCUT2D eigenvalue weighted by molar-refractivity contribution is 5.93. The highest BCUT2D eigenvalue weighted by atomic mass is 16.3. The van der Waals surface area contributed by atoms with Gasteiger partial charge < -0.3 is 15.0 Å². The van der Waals surface area contributed by atoms with Crippen molar-refractivity contribution in [2.75, 3.05) is 11.9 Å². The Morgan fingerprint density at radius 2 is 1.91 bits per heavy atom. The van der Waals surface area contributed by atoms with E-state index in [1.54, 1.807) is 0 Å². The molecule has 2 aliphatic rings. The molecule has 2 fully saturated rings. The lowest BCUT2D eigenvalue weighted by atomic mass is 9.71. The fraction of sp³-hybridized carbons (Fsp3) is 0.667. The normalized spacial score (nSPS) is 22.2. The SMILES string of the molecule is Cc1ccc(NC(=O)C(C)C(CCO)c2nnc(C3CC(CC(C)C)C3)n2C2CC2)c(C)c1. The minimum Gasteiger partial charge on any atom is -0.396 e. The third-order valence-corrected chi connectivity index (χ3v) is 7.49. The molecular weight excluding hydrogens is 412 g/mol. The second-order valence-electron chi connectivity index (χ2n) is 10.9. The van der Waals surface area contributed by atoms with Crippen molar-refractivity contribution < 1.29 is 9.90 Å². The number of anilines is 1. The number of nitrogens with zero attached hydrogens (tertiary/aromatic N) is 3. The number of benzene rings is 1. The first-order valence-electron chi connectivity index (χ1n) is 12.7. The van der Waals surface area contributed by atoms with Gasteiger partial charge in [-0.3, -0.25) is 4.79 Å². The Labute approximate surface area is 198 Å². The fourth-order valence-corrected chi connectivity index (χ4v) is 5.48. The number of amides is 1. The zero-order chi connectivity index (χ0) is 23.7. The average Bonchev–Trinajstić information content (AvgIpc) is 3.49. The number of nitrogens with one attached hydrogen (secondary N) is 1. The summed E-state index contributed by atoms with van der Waals surface area (Å²) < 4.78 is 2.34. The molecule has 2 unspecified atom stereocenters. The van der Waals surface area contributed by atoms with Gasteiger partial charge in [0.05, 0.1) is 0 Å². The van der Waals surface area contributed by atoms with E-state index >= 15 is 0 Å². The summed E-state index contributed by atoms with van der Waals surface area (Å²) in [6, 6.07) is 6.50. The van der Waals surface area contributed by atoms with E-state index in [0.29, 0.717) is 18.4 Å². The van der Waals surface area contributed by atoms with Crippen LogP contribution in [-0.4, -0.2) is 32.4 Å². The van der Waals surface area contributed by atoms with Crippen LogP contribution in [0.3, 0.4) is 0 Å². The molecule has 180 valence electrons. The molecule has 1 heterocycles. The van der Waals surface area contributed by atoms with Gasteiger partial charge in [0, 0.05) is 36.1 Å². The van der Waals surface area contributed by atoms with Crippen LogP contribution in [-0.2, 0) is 4.79 Å². The number of rotatable bonds is 10. The van der Waals surface area contributed by atoms with E-state index < -0.39 is 0 Å². The van der Waals surface area contributed by atoms with E-state index in [2.05, 4.69) is 40.0 Å². The van der Waals surface area contributed by atoms with Crippen LogP contribution in [0.25, 0.3) is 0 Å². The summed E-state index contributed by atoms with van der Waals surface area (Å²) in [4.78, 5) is 13.2. The van der Waals surface area contributed by atoms with Gasteiger partial charge in [0.1, 0.15) is 11.6 Å². The van der Waals surface area contributed by atoms with Gasteiger partial charge in [-0.25, -0.2) is 0 Å². The van der Waals surface area contributed by atoms with Crippen LogP contribution in [0.5, 0.6) is 0 Å². The fourth-order valence-electron chi connectivity index (χ4n) is 5.48. The molecule has 2 aromatic rings. The lowest BCUT2D eigenvalue weighted by Gasteiger charge is -2.36. The Balaban J connectivity index is 1.53. The molecule has 1 aromatic carbocycles. The molecule has 2 N–H and O–H groups in total. The van der Waals surface area contributed by atoms with Crippen LogP contribution in [0.4, 0.5) is 5.69 Å². The summed E-state index contributed by atoms with van der Waals surface area (Å²) in [5.41, 5.74) is 3.07. The highest BCUT2D eigenvalue weighted by Crippen LogP contribution is 2.48. The smallest absolute Gasteiger partial charge is 0.227 e. The molecule has 2 atom stereocenters. The minimum absolute atomic E-state index is 0.0264. The topological polar surface area (TPSA) is 80.0 Å². The summed E-state index contributed by atoms with van der Waals surface area (Å²) in [6.45, 7) is 10.6. The highest BCUT2D eigenvalue weighted by Gasteiger charge is 2.40. The first kappa shape index (κ1) is 23.9. The average molecular weight is 453 g/mol. The molecule has 0 spiro atoms. The van der Waals surface area contributed by atoms with Crippen molar-refractivity contribution in [1.82, 2.24) is 14.8 Å². The Bertz CT molecular complexity index is 972. The van der Waals surface area contributed by atoms with E-state index in [-0.39, 0.29) is 24.3 Å². The molecule has 6 nitrogen and oxygen atoms in total. The summed E-state index contributed by atoms with van der Waals surface area (Å²) in [5.74, 6) is 3.49. The maximum absolute atomic E-state index is 13.2. The molecule has 0 bridgehead atoms. The molecular formula is C27H40N4O2. The molecule has 0 aliphatic heterocycles. The van der Waals surface area contributed by atoms with Gasteiger partial charge >= 0.3 is 0 Å². The van der Waals surface area contributed by atoms with E-state index in [0.717, 1.165) is 47.6 Å². The van der Waals surface area contributed by atoms with Gasteiger partial charge in [-0.2, -0.15) is 0 Å². The lowest BCUT2D eigenvalue weighted by molar-refractivity contribution is -0.120. The Kier molecular flexibility index (Phi) is 7.22. The standard InChI is InChI=1S/C27H40N4O2/c1-16(2)12-20-14-21(15-20)25-29-30-26(31(25)22-7-8-22)23(10-11-32)19(5)27(33)28-24-9-6-17(3)13-18(24)4/h6,9,13,16,19-23,32H,7-8,10-12,14-15H2,1-5H3,(H,28,33). The zero-order valence-electron chi connectivity index (χ0n) is 20.8. The molecule has 2 saturated carbocycles. The van der Waals surface area contributed by atoms with Gasteiger partial charge in [-0.15, -0.1) is 10.2 Å². The van der Waals surface area contributed by atoms with E-state index in [4.69, 9.17) is 0 Å². The maximum Gasteiger partial charge on any atom is 0.227 e. The summed E-state index contributed by atoms with van der Waals surface area (Å²) in [7, 11) is 0. The quantitative estimate of drug-likeness (QED) is 0.498. The maximum atomic E-state index is 13.2. The van der Waals surface area contributed by atoms with Gasteiger partial charge in [-0.1, -0.05) is 38.5 Å². The summed E-state index contributed by atoms with van der Waals surface area (Å²) in [6.07, 6.45) is 6.47. The van der Waals surface area contributed by atoms with E-state index in [9.17, 15) is 9.90 Å². The molecule has 6 heteroatoms. The van der Waals surface area contributed by atoms with Crippen LogP contribution >= 0.6 is 0 Å². The molecule has 1 aromatic heterocycles. The number of carbonyl (C=O) groups excluding carboxylic acids is 1. The Morgan fingerprint density at radius 3 is 2.52 bits per heavy atom. The first-order valence-corrected chi connectivity index (χ1v) is 12.7. The molecule has 0 saturated heterocycles. The largest absolute Gasteiger partial charge is 0.396 e. The van der Waals surface area contributed by atoms with Crippen molar-refractivity contribution in [2.45, 2.75) is 91.0 Å². The van der Waals surface area contributed by atoms with Gasteiger partial charge in [0.25, 0.3) is 0 Å². The second-order valence-corrected chi connectivity index (χ2v) is 10.9. The number of aliphatic hydroxyl groups excluding tert-OH is 1. The van der Waals surface area contributed by atoms with Crippen molar-refractivity contribution in [3.05, 3.63) is 41.0 Å². The predicted molar refractivity (Wildman–Crippen MR) is 131 cm³/mol. The molecule has 4 rings (SSSR count). The van der Waals surface area contributed by atoms with Crippen molar-refractivity contribution in [3.8, 4) is 0 Å². The third kappa shape index (κ3) is 5.32. The number of aryl methyl sites for hydroxylation is 2. The van der Waals surface area contributed by atoms with Crippen LogP contribution in [0, 0.1) is 31.6 Å². The Hall–Kier alpha value is -2.21. The molecule has 33 heavy (non-hydrogen) atoms. The lowest BCUT2D eigenvalue weighted by Crippen LogP contribution is -2.30. The van der Waals surface area contributed by atoms with Crippen molar-refractivity contribution in [3.63, 3.8) is 0 Å². The van der Waals surface area contributed by atoms with Gasteiger partial charge in [-0.05, 0) is 75.8 Å². The Morgan fingerprint density at radius 1 is 1.18 bits per heavy atom. The van der Waals surface area contributed by atoms with Gasteiger partial charge in [0.2, 0.25) is 5.91 Å². The summed E-state index contributed by atoms with van der Waals surface area (Å²) >= 11 is 0. The van der Waals surface area contributed by atoms with Crippen LogP contribution < -0.4 is 5.32 Å². The number of aromatic nitrogens is 3. The monoisotopic (exact) mass is 452 g/mol. The van der Waals surface area contributed by atoms with E-state index in [1.165, 1.54) is 24.8 Å². The number of hydrogen-bond donors (Lipinski definition) is 2. The molecule has 1 amide bonds. The van der Waals surface area contributed by atoms with Crippen LogP contribution in [0.2, 0.25) is 0 Å². The van der Waals surface area contributed by atoms with Crippen molar-refractivity contribution >= 4 is 11.6 Å². The zero-order valence-corrected chi connectivity index (χ0v) is 20.8. The number of aliphatic hydroxyl groups is 1. The number of hydrogen-bond acceptors (Lipinski definition) is 4. The molecule has 0 radical (unpaired) electrons. The number of carbonyl (C=O) groups is 1. The van der Waals surface area contributed by atoms with Crippen molar-refractivity contribution in [2.24, 2.45) is 17.8 Å². The predicted octanol–water partition coefficient (Wildman–Crippen LogP) is 5.51. The minimum atomic E-state index is -0.317. The van der Waals surface area contributed by atoms with Crippen LogP contribution in [0.1, 0.15) is 99.9 Å². The van der Waals surface area contributed by atoms with Crippen LogP contribution in [0.15, 0.2) is 18.2 Å². The molecule has 2 aliphatic carbocycles.